The number of alkyl halides is 2. The van der Waals surface area contributed by atoms with Crippen molar-refractivity contribution in [3.8, 4) is 0 Å². The maximum absolute atomic E-state index is 14.7. The van der Waals surface area contributed by atoms with Crippen LogP contribution in [0, 0.1) is 0 Å². The molecule has 0 aromatic carbocycles. The summed E-state index contributed by atoms with van der Waals surface area (Å²) in [5, 5.41) is -2.51. The van der Waals surface area contributed by atoms with Crippen LogP contribution >= 0.6 is 0 Å². The van der Waals surface area contributed by atoms with Crippen molar-refractivity contribution < 1.29 is 30.2 Å². The first-order valence-electron chi connectivity index (χ1n) is 7.16. The van der Waals surface area contributed by atoms with Crippen LogP contribution in [0.3, 0.4) is 0 Å². The zero-order chi connectivity index (χ0) is 17.4. The Balaban J connectivity index is 3.35. The van der Waals surface area contributed by atoms with E-state index in [0.29, 0.717) is 19.8 Å². The highest BCUT2D eigenvalue weighted by Crippen LogP contribution is 2.44. The molecule has 0 radical (unpaired) electrons. The molecule has 1 aliphatic heterocycles. The van der Waals surface area contributed by atoms with Crippen molar-refractivity contribution in [2.75, 3.05) is 13.1 Å². The minimum Gasteiger partial charge on any atom is -0.285 e. The smallest absolute Gasteiger partial charge is 0.285 e. The molecule has 1 fully saturated rings. The average Bonchev–Trinajstić information content (AvgIpc) is 2.45. The fourth-order valence-electron chi connectivity index (χ4n) is 2.60. The van der Waals surface area contributed by atoms with Crippen LogP contribution in [0.2, 0.25) is 0 Å². The van der Waals surface area contributed by atoms with E-state index in [1.165, 1.54) is 6.92 Å². The molecule has 2 atom stereocenters. The van der Waals surface area contributed by atoms with Crippen molar-refractivity contribution >= 4 is 20.1 Å². The zero-order valence-corrected chi connectivity index (χ0v) is 14.6. The van der Waals surface area contributed by atoms with Gasteiger partial charge >= 0.3 is 0 Å². The predicted octanol–water partition coefficient (Wildman–Crippen LogP) is 1.88. The Kier molecular flexibility index (Phi) is 5.64. The summed E-state index contributed by atoms with van der Waals surface area (Å²) in [6, 6.07) is 0. The molecule has 1 rings (SSSR count). The molecule has 6 nitrogen and oxygen atoms in total. The molecule has 2 unspecified atom stereocenters. The summed E-state index contributed by atoms with van der Waals surface area (Å²) in [5.74, 6) is -4.13. The van der Waals surface area contributed by atoms with Gasteiger partial charge in [-0.05, 0) is 33.1 Å². The summed E-state index contributed by atoms with van der Waals surface area (Å²) in [7, 11) is -9.51. The first-order valence-corrected chi connectivity index (χ1v) is 10.1. The molecule has 22 heavy (non-hydrogen) atoms. The van der Waals surface area contributed by atoms with Crippen molar-refractivity contribution in [3.05, 3.63) is 0 Å². The lowest BCUT2D eigenvalue weighted by atomic mass is 9.97. The number of nitrogens with zero attached hydrogens (tertiary/aromatic N) is 1. The number of sulfonamides is 1. The molecule has 0 saturated carbocycles. The van der Waals surface area contributed by atoms with Gasteiger partial charge in [0.15, 0.2) is 0 Å². The topological polar surface area (TPSA) is 91.7 Å². The Morgan fingerprint density at radius 2 is 1.59 bits per heavy atom. The van der Waals surface area contributed by atoms with E-state index in [1.54, 1.807) is 0 Å². The van der Waals surface area contributed by atoms with Crippen LogP contribution in [-0.2, 0) is 20.1 Å². The lowest BCUT2D eigenvalue weighted by Gasteiger charge is -2.42. The monoisotopic (exact) mass is 363 g/mol. The Morgan fingerprint density at radius 3 is 1.95 bits per heavy atom. The number of piperidine rings is 1. The van der Waals surface area contributed by atoms with E-state index in [1.807, 2.05) is 0 Å². The van der Waals surface area contributed by atoms with Gasteiger partial charge in [-0.1, -0.05) is 13.3 Å². The third-order valence-electron chi connectivity index (χ3n) is 4.56. The summed E-state index contributed by atoms with van der Waals surface area (Å²) in [5.41, 5.74) is 0. The normalized spacial score (nSPS) is 23.0. The van der Waals surface area contributed by atoms with Crippen molar-refractivity contribution in [2.45, 2.75) is 62.4 Å². The van der Waals surface area contributed by atoms with Crippen LogP contribution < -0.4 is 0 Å². The van der Waals surface area contributed by atoms with Gasteiger partial charge in [-0.2, -0.15) is 8.42 Å². The highest BCUT2D eigenvalue weighted by Gasteiger charge is 2.64. The Morgan fingerprint density at radius 1 is 1.14 bits per heavy atom. The van der Waals surface area contributed by atoms with E-state index in [4.69, 9.17) is 4.55 Å². The van der Waals surface area contributed by atoms with Crippen molar-refractivity contribution in [2.24, 2.45) is 0 Å². The minimum atomic E-state index is -5.08. The molecule has 132 valence electrons. The molecule has 1 aliphatic rings. The van der Waals surface area contributed by atoms with Gasteiger partial charge in [0, 0.05) is 13.1 Å². The quantitative estimate of drug-likeness (QED) is 0.728. The SMILES string of the molecule is CCC(C)(C(F)(F)C(C)S(=O)(=O)O)S(=O)(=O)N1CCCCC1. The fourth-order valence-corrected chi connectivity index (χ4v) is 5.50. The zero-order valence-electron chi connectivity index (χ0n) is 12.9. The van der Waals surface area contributed by atoms with E-state index < -0.39 is 42.5 Å². The summed E-state index contributed by atoms with van der Waals surface area (Å²) >= 11 is 0. The second-order valence-electron chi connectivity index (χ2n) is 5.83. The van der Waals surface area contributed by atoms with Crippen LogP contribution in [0.25, 0.3) is 0 Å². The number of rotatable bonds is 6. The summed E-state index contributed by atoms with van der Waals surface area (Å²) in [6.45, 7) is 3.03. The lowest BCUT2D eigenvalue weighted by Crippen LogP contribution is -2.62. The van der Waals surface area contributed by atoms with Gasteiger partial charge < -0.3 is 0 Å². The van der Waals surface area contributed by atoms with Gasteiger partial charge in [0.2, 0.25) is 10.0 Å². The van der Waals surface area contributed by atoms with E-state index >= 15 is 0 Å². The highest BCUT2D eigenvalue weighted by molar-refractivity contribution is 7.90. The molecule has 0 bridgehead atoms. The third kappa shape index (κ3) is 3.15. The van der Waals surface area contributed by atoms with Crippen LogP contribution in [0.4, 0.5) is 8.78 Å². The van der Waals surface area contributed by atoms with Gasteiger partial charge in [0.1, 0.15) is 10.00 Å². The number of hydrogen-bond donors (Lipinski definition) is 1. The van der Waals surface area contributed by atoms with E-state index in [-0.39, 0.29) is 13.1 Å². The fraction of sp³-hybridized carbons (Fsp3) is 1.00. The highest BCUT2D eigenvalue weighted by atomic mass is 32.2. The second-order valence-corrected chi connectivity index (χ2v) is 9.93. The predicted molar refractivity (Wildman–Crippen MR) is 79.0 cm³/mol. The molecule has 10 heteroatoms. The van der Waals surface area contributed by atoms with Gasteiger partial charge in [-0.25, -0.2) is 21.5 Å². The maximum Gasteiger partial charge on any atom is 0.287 e. The molecular weight excluding hydrogens is 340 g/mol. The lowest BCUT2D eigenvalue weighted by molar-refractivity contribution is -0.0419. The molecule has 0 aliphatic carbocycles. The van der Waals surface area contributed by atoms with Gasteiger partial charge in [0.05, 0.1) is 0 Å². The number of hydrogen-bond acceptors (Lipinski definition) is 4. The van der Waals surface area contributed by atoms with E-state index in [2.05, 4.69) is 0 Å². The summed E-state index contributed by atoms with van der Waals surface area (Å²) in [4.78, 5) is 0. The molecule has 0 aromatic rings. The molecule has 0 amide bonds. The Labute approximate surface area is 130 Å². The molecule has 1 heterocycles. The number of halogens is 2. The molecule has 0 spiro atoms. The molecular formula is C12H23F2NO5S2. The van der Waals surface area contributed by atoms with E-state index in [0.717, 1.165) is 17.6 Å². The van der Waals surface area contributed by atoms with Crippen molar-refractivity contribution in [3.63, 3.8) is 0 Å². The van der Waals surface area contributed by atoms with Gasteiger partial charge in [-0.3, -0.25) is 4.55 Å². The van der Waals surface area contributed by atoms with Crippen LogP contribution in [0.15, 0.2) is 0 Å². The van der Waals surface area contributed by atoms with Crippen LogP contribution in [-0.4, -0.2) is 54.7 Å². The van der Waals surface area contributed by atoms with Gasteiger partial charge in [-0.15, -0.1) is 0 Å². The first-order chi connectivity index (χ1) is 9.82. The molecule has 1 N–H and O–H groups in total. The van der Waals surface area contributed by atoms with Crippen molar-refractivity contribution in [1.29, 1.82) is 0 Å². The molecule has 0 aromatic heterocycles. The average molecular weight is 363 g/mol. The standard InChI is InChI=1S/C12H23F2NO5S2/c1-4-11(3,12(13,14)10(2)21(16,17)18)22(19,20)15-8-6-5-7-9-15/h10H,4-9H2,1-3H3,(H,16,17,18). The molecule has 1 saturated heterocycles. The van der Waals surface area contributed by atoms with Crippen molar-refractivity contribution in [1.82, 2.24) is 4.31 Å². The van der Waals surface area contributed by atoms with E-state index in [9.17, 15) is 25.6 Å². The summed E-state index contributed by atoms with van der Waals surface area (Å²) in [6.07, 6.45) is 1.52. The summed E-state index contributed by atoms with van der Waals surface area (Å²) < 4.78 is 84.3. The van der Waals surface area contributed by atoms with Crippen LogP contribution in [0.5, 0.6) is 0 Å². The maximum atomic E-state index is 14.7. The Bertz CT molecular complexity index is 599. The third-order valence-corrected chi connectivity index (χ3v) is 8.50. The Hall–Kier alpha value is -0.320. The minimum absolute atomic E-state index is 0.147. The largest absolute Gasteiger partial charge is 0.287 e. The van der Waals surface area contributed by atoms with Crippen LogP contribution in [0.1, 0.15) is 46.5 Å². The van der Waals surface area contributed by atoms with Gasteiger partial charge in [0.25, 0.3) is 16.0 Å². The second kappa shape index (κ2) is 6.29. The first kappa shape index (κ1) is 19.7.